The van der Waals surface area contributed by atoms with Crippen LogP contribution in [0.4, 0.5) is 5.69 Å². The molecule has 1 amide bonds. The Kier molecular flexibility index (Phi) is 7.10. The van der Waals surface area contributed by atoms with Gasteiger partial charge >= 0.3 is 0 Å². The lowest BCUT2D eigenvalue weighted by Gasteiger charge is -2.17. The number of amides is 1. The van der Waals surface area contributed by atoms with Gasteiger partial charge in [0.2, 0.25) is 5.91 Å². The summed E-state index contributed by atoms with van der Waals surface area (Å²) in [5, 5.41) is 13.2. The van der Waals surface area contributed by atoms with Crippen LogP contribution in [0.5, 0.6) is 0 Å². The Hall–Kier alpha value is -3.88. The van der Waals surface area contributed by atoms with E-state index >= 15 is 0 Å². The number of aryl methyl sites for hydroxylation is 1. The first-order valence-electron chi connectivity index (χ1n) is 11.1. The van der Waals surface area contributed by atoms with E-state index in [-0.39, 0.29) is 5.91 Å². The number of hydrogen-bond donors (Lipinski definition) is 1. The summed E-state index contributed by atoms with van der Waals surface area (Å²) in [6.07, 6.45) is 0. The van der Waals surface area contributed by atoms with Crippen LogP contribution in [0.3, 0.4) is 0 Å². The lowest BCUT2D eigenvalue weighted by atomic mass is 9.99. The van der Waals surface area contributed by atoms with Gasteiger partial charge in [-0.05, 0) is 49.6 Å². The second-order valence-corrected chi connectivity index (χ2v) is 9.41. The molecule has 1 N–H and O–H groups in total. The van der Waals surface area contributed by atoms with Gasteiger partial charge in [-0.2, -0.15) is 5.26 Å². The molecule has 0 bridgehead atoms. The standard InChI is InChI=1S/C29H25N3OS/c1-19-11-10-16-26(20(19)2)31-28(33)21(3)34-29-25(18-30)24(22-12-6-4-7-13-22)17-27(32-29)23-14-8-5-9-15-23/h4-17,21H,1-3H3,(H,31,33). The van der Waals surface area contributed by atoms with E-state index in [1.165, 1.54) is 11.8 Å². The van der Waals surface area contributed by atoms with Crippen LogP contribution in [0, 0.1) is 25.2 Å². The van der Waals surface area contributed by atoms with Gasteiger partial charge in [-0.1, -0.05) is 84.6 Å². The van der Waals surface area contributed by atoms with E-state index < -0.39 is 5.25 Å². The highest BCUT2D eigenvalue weighted by atomic mass is 32.2. The van der Waals surface area contributed by atoms with Crippen molar-refractivity contribution in [1.82, 2.24) is 4.98 Å². The summed E-state index contributed by atoms with van der Waals surface area (Å²) >= 11 is 1.30. The monoisotopic (exact) mass is 463 g/mol. The second kappa shape index (κ2) is 10.4. The number of anilines is 1. The normalized spacial score (nSPS) is 11.5. The van der Waals surface area contributed by atoms with Crippen LogP contribution in [0.2, 0.25) is 0 Å². The van der Waals surface area contributed by atoms with Crippen LogP contribution in [-0.4, -0.2) is 16.1 Å². The molecule has 0 saturated heterocycles. The number of aromatic nitrogens is 1. The van der Waals surface area contributed by atoms with Crippen molar-refractivity contribution in [2.45, 2.75) is 31.0 Å². The van der Waals surface area contributed by atoms with Crippen molar-refractivity contribution in [2.24, 2.45) is 0 Å². The third kappa shape index (κ3) is 5.03. The van der Waals surface area contributed by atoms with Crippen molar-refractivity contribution in [2.75, 3.05) is 5.32 Å². The largest absolute Gasteiger partial charge is 0.325 e. The van der Waals surface area contributed by atoms with E-state index in [9.17, 15) is 10.1 Å². The van der Waals surface area contributed by atoms with E-state index in [4.69, 9.17) is 4.98 Å². The molecule has 34 heavy (non-hydrogen) atoms. The molecular formula is C29H25N3OS. The van der Waals surface area contributed by atoms with Gasteiger partial charge in [-0.25, -0.2) is 4.98 Å². The number of carbonyl (C=O) groups excluding carboxylic acids is 1. The number of nitrogens with zero attached hydrogens (tertiary/aromatic N) is 2. The van der Waals surface area contributed by atoms with Crippen molar-refractivity contribution < 1.29 is 4.79 Å². The maximum Gasteiger partial charge on any atom is 0.237 e. The molecule has 0 saturated carbocycles. The molecule has 3 aromatic carbocycles. The van der Waals surface area contributed by atoms with E-state index in [1.807, 2.05) is 106 Å². The van der Waals surface area contributed by atoms with E-state index in [0.29, 0.717) is 10.6 Å². The van der Waals surface area contributed by atoms with Gasteiger partial charge in [0.25, 0.3) is 0 Å². The van der Waals surface area contributed by atoms with Gasteiger partial charge in [0.1, 0.15) is 11.1 Å². The Morgan fingerprint density at radius 1 is 0.941 bits per heavy atom. The smallest absolute Gasteiger partial charge is 0.237 e. The molecule has 0 radical (unpaired) electrons. The first-order valence-corrected chi connectivity index (χ1v) is 12.0. The first kappa shape index (κ1) is 23.3. The van der Waals surface area contributed by atoms with Crippen LogP contribution in [0.1, 0.15) is 23.6 Å². The Morgan fingerprint density at radius 3 is 2.24 bits per heavy atom. The van der Waals surface area contributed by atoms with Gasteiger partial charge in [0.05, 0.1) is 16.5 Å². The molecule has 1 atom stereocenters. The van der Waals surface area contributed by atoms with Crippen LogP contribution in [0.15, 0.2) is 90.0 Å². The third-order valence-corrected chi connectivity index (χ3v) is 6.86. The van der Waals surface area contributed by atoms with Crippen molar-refractivity contribution in [3.05, 3.63) is 102 Å². The van der Waals surface area contributed by atoms with Gasteiger partial charge in [-0.3, -0.25) is 4.79 Å². The first-order chi connectivity index (χ1) is 16.5. The van der Waals surface area contributed by atoms with Gasteiger partial charge in [0.15, 0.2) is 0 Å². The van der Waals surface area contributed by atoms with Crippen molar-refractivity contribution >= 4 is 23.4 Å². The lowest BCUT2D eigenvalue weighted by molar-refractivity contribution is -0.115. The highest BCUT2D eigenvalue weighted by Crippen LogP contribution is 2.36. The summed E-state index contributed by atoms with van der Waals surface area (Å²) in [6.45, 7) is 5.85. The highest BCUT2D eigenvalue weighted by molar-refractivity contribution is 8.00. The molecule has 1 heterocycles. The number of hydrogen-bond acceptors (Lipinski definition) is 4. The number of rotatable bonds is 6. The van der Waals surface area contributed by atoms with Crippen molar-refractivity contribution in [3.63, 3.8) is 0 Å². The average molecular weight is 464 g/mol. The van der Waals surface area contributed by atoms with Crippen molar-refractivity contribution in [3.8, 4) is 28.5 Å². The number of nitrogens with one attached hydrogen (secondary N) is 1. The van der Waals surface area contributed by atoms with Gasteiger partial charge in [0, 0.05) is 16.8 Å². The lowest BCUT2D eigenvalue weighted by Crippen LogP contribution is -2.23. The minimum absolute atomic E-state index is 0.129. The zero-order valence-corrected chi connectivity index (χ0v) is 20.2. The van der Waals surface area contributed by atoms with E-state index in [0.717, 1.165) is 39.2 Å². The topological polar surface area (TPSA) is 65.8 Å². The minimum Gasteiger partial charge on any atom is -0.325 e. The molecule has 0 spiro atoms. The summed E-state index contributed by atoms with van der Waals surface area (Å²) in [7, 11) is 0. The fourth-order valence-corrected chi connectivity index (χ4v) is 4.58. The van der Waals surface area contributed by atoms with Crippen molar-refractivity contribution in [1.29, 1.82) is 5.26 Å². The maximum absolute atomic E-state index is 13.0. The van der Waals surface area contributed by atoms with Gasteiger partial charge < -0.3 is 5.32 Å². The van der Waals surface area contributed by atoms with Crippen LogP contribution in [0.25, 0.3) is 22.4 Å². The molecule has 0 fully saturated rings. The molecule has 0 aliphatic carbocycles. The summed E-state index contributed by atoms with van der Waals surface area (Å²) in [6, 6.07) is 29.8. The Balaban J connectivity index is 1.72. The predicted octanol–water partition coefficient (Wildman–Crippen LogP) is 7.02. The molecular weight excluding hydrogens is 438 g/mol. The number of carbonyl (C=O) groups is 1. The summed E-state index contributed by atoms with van der Waals surface area (Å²) in [4.78, 5) is 17.9. The molecule has 0 aliphatic heterocycles. The Bertz CT molecular complexity index is 1360. The molecule has 4 rings (SSSR count). The quantitative estimate of drug-likeness (QED) is 0.312. The second-order valence-electron chi connectivity index (χ2n) is 8.08. The minimum atomic E-state index is -0.450. The molecule has 168 valence electrons. The average Bonchev–Trinajstić information content (AvgIpc) is 2.87. The number of benzene rings is 3. The van der Waals surface area contributed by atoms with Gasteiger partial charge in [-0.15, -0.1) is 0 Å². The Morgan fingerprint density at radius 2 is 1.59 bits per heavy atom. The molecule has 4 nitrogen and oxygen atoms in total. The predicted molar refractivity (Wildman–Crippen MR) is 140 cm³/mol. The Labute approximate surface area is 204 Å². The van der Waals surface area contributed by atoms with E-state index in [2.05, 4.69) is 11.4 Å². The SMILES string of the molecule is Cc1cccc(NC(=O)C(C)Sc2nc(-c3ccccc3)cc(-c3ccccc3)c2C#N)c1C. The van der Waals surface area contributed by atoms with Crippen LogP contribution < -0.4 is 5.32 Å². The third-order valence-electron chi connectivity index (χ3n) is 5.77. The zero-order chi connectivity index (χ0) is 24.1. The maximum atomic E-state index is 13.0. The van der Waals surface area contributed by atoms with Crippen LogP contribution in [-0.2, 0) is 4.79 Å². The number of thioether (sulfide) groups is 1. The molecule has 4 aromatic rings. The highest BCUT2D eigenvalue weighted by Gasteiger charge is 2.22. The summed E-state index contributed by atoms with van der Waals surface area (Å²) in [5.74, 6) is -0.129. The fraction of sp³-hybridized carbons (Fsp3) is 0.138. The zero-order valence-electron chi connectivity index (χ0n) is 19.4. The summed E-state index contributed by atoms with van der Waals surface area (Å²) < 4.78 is 0. The number of nitriles is 1. The molecule has 1 unspecified atom stereocenters. The van der Waals surface area contributed by atoms with E-state index in [1.54, 1.807) is 0 Å². The fourth-order valence-electron chi connectivity index (χ4n) is 3.66. The van der Waals surface area contributed by atoms with Crippen LogP contribution >= 0.6 is 11.8 Å². The molecule has 0 aliphatic rings. The molecule has 5 heteroatoms. The molecule has 1 aromatic heterocycles. The number of pyridine rings is 1. The summed E-state index contributed by atoms with van der Waals surface area (Å²) in [5.41, 5.74) is 6.91.